The predicted molar refractivity (Wildman–Crippen MR) is 130 cm³/mol. The van der Waals surface area contributed by atoms with E-state index in [-0.39, 0.29) is 36.4 Å². The van der Waals surface area contributed by atoms with Gasteiger partial charge in [0.05, 0.1) is 0 Å². The van der Waals surface area contributed by atoms with Gasteiger partial charge in [0, 0.05) is 17.6 Å². The van der Waals surface area contributed by atoms with Gasteiger partial charge in [0.1, 0.15) is 11.8 Å². The van der Waals surface area contributed by atoms with E-state index in [0.29, 0.717) is 10.8 Å². The number of benzene rings is 2. The zero-order valence-electron chi connectivity index (χ0n) is 19.9. The molecule has 0 bridgehead atoms. The highest BCUT2D eigenvalue weighted by Gasteiger charge is 2.28. The summed E-state index contributed by atoms with van der Waals surface area (Å²) in [6.45, 7) is 12.0. The zero-order valence-corrected chi connectivity index (χ0v) is 20.7. The second kappa shape index (κ2) is 11.4. The SMILES string of the molecule is CC[C@@H](C)NC(=O)[C@@H](C)N(Cc1ccccc1Cl)C(=O)COc1ccccc1C(C)(C)C. The maximum atomic E-state index is 13.3. The van der Waals surface area contributed by atoms with Gasteiger partial charge in [-0.15, -0.1) is 0 Å². The molecule has 2 aromatic rings. The van der Waals surface area contributed by atoms with Crippen molar-refractivity contribution in [3.05, 3.63) is 64.7 Å². The smallest absolute Gasteiger partial charge is 0.261 e. The molecule has 0 spiro atoms. The fraction of sp³-hybridized carbons (Fsp3) is 0.462. The number of hydrogen-bond donors (Lipinski definition) is 1. The Hall–Kier alpha value is -2.53. The highest BCUT2D eigenvalue weighted by Crippen LogP contribution is 2.31. The topological polar surface area (TPSA) is 58.6 Å². The second-order valence-corrected chi connectivity index (χ2v) is 9.55. The molecule has 0 radical (unpaired) electrons. The molecule has 5 nitrogen and oxygen atoms in total. The number of rotatable bonds is 9. The monoisotopic (exact) mass is 458 g/mol. The molecule has 2 amide bonds. The Bertz CT molecular complexity index is 923. The van der Waals surface area contributed by atoms with Crippen LogP contribution in [-0.4, -0.2) is 35.4 Å². The number of hydrogen-bond acceptors (Lipinski definition) is 3. The molecule has 0 aromatic heterocycles. The minimum absolute atomic E-state index is 0.0251. The average Bonchev–Trinajstić information content (AvgIpc) is 2.75. The van der Waals surface area contributed by atoms with E-state index in [1.807, 2.05) is 56.3 Å². The summed E-state index contributed by atoms with van der Waals surface area (Å²) in [6, 6.07) is 14.4. The Morgan fingerprint density at radius 3 is 2.31 bits per heavy atom. The van der Waals surface area contributed by atoms with Gasteiger partial charge in [0.2, 0.25) is 5.91 Å². The van der Waals surface area contributed by atoms with Gasteiger partial charge in [-0.25, -0.2) is 0 Å². The van der Waals surface area contributed by atoms with Crippen molar-refractivity contribution in [2.45, 2.75) is 72.0 Å². The van der Waals surface area contributed by atoms with Crippen LogP contribution < -0.4 is 10.1 Å². The summed E-state index contributed by atoms with van der Waals surface area (Å²) < 4.78 is 5.95. The first kappa shape index (κ1) is 25.7. The van der Waals surface area contributed by atoms with Gasteiger partial charge in [-0.1, -0.05) is 75.7 Å². The van der Waals surface area contributed by atoms with Crippen LogP contribution in [-0.2, 0) is 21.5 Å². The molecule has 0 unspecified atom stereocenters. The Kier molecular flexibility index (Phi) is 9.14. The number of ether oxygens (including phenoxy) is 1. The molecule has 0 aliphatic rings. The molecule has 0 aliphatic heterocycles. The number of nitrogens with one attached hydrogen (secondary N) is 1. The van der Waals surface area contributed by atoms with E-state index >= 15 is 0 Å². The first-order valence-corrected chi connectivity index (χ1v) is 11.5. The van der Waals surface area contributed by atoms with Crippen molar-refractivity contribution >= 4 is 23.4 Å². The maximum absolute atomic E-state index is 13.3. The average molecular weight is 459 g/mol. The standard InChI is InChI=1S/C26H35ClN2O3/c1-7-18(2)28-25(31)19(3)29(16-20-12-8-10-14-22(20)27)24(30)17-32-23-15-11-9-13-21(23)26(4,5)6/h8-15,18-19H,7,16-17H2,1-6H3,(H,28,31)/t18-,19-/m1/s1. The lowest BCUT2D eigenvalue weighted by molar-refractivity contribution is -0.142. The van der Waals surface area contributed by atoms with E-state index in [9.17, 15) is 9.59 Å². The first-order chi connectivity index (χ1) is 15.0. The first-order valence-electron chi connectivity index (χ1n) is 11.1. The van der Waals surface area contributed by atoms with Crippen molar-refractivity contribution in [1.82, 2.24) is 10.2 Å². The maximum Gasteiger partial charge on any atom is 0.261 e. The molecule has 2 aromatic carbocycles. The van der Waals surface area contributed by atoms with Gasteiger partial charge in [-0.2, -0.15) is 0 Å². The molecule has 2 rings (SSSR count). The summed E-state index contributed by atoms with van der Waals surface area (Å²) in [5.74, 6) is 0.193. The molecule has 0 saturated heterocycles. The van der Waals surface area contributed by atoms with Crippen molar-refractivity contribution in [2.24, 2.45) is 0 Å². The summed E-state index contributed by atoms with van der Waals surface area (Å²) in [5, 5.41) is 3.52. The van der Waals surface area contributed by atoms with Crippen molar-refractivity contribution in [3.63, 3.8) is 0 Å². The molecular formula is C26H35ClN2O3. The molecule has 0 fully saturated rings. The number of amides is 2. The lowest BCUT2D eigenvalue weighted by atomic mass is 9.86. The third kappa shape index (κ3) is 6.99. The third-order valence-corrected chi connectivity index (χ3v) is 5.88. The van der Waals surface area contributed by atoms with Crippen LogP contribution in [0.4, 0.5) is 0 Å². The van der Waals surface area contributed by atoms with Crippen LogP contribution in [0.15, 0.2) is 48.5 Å². The highest BCUT2D eigenvalue weighted by atomic mass is 35.5. The van der Waals surface area contributed by atoms with Gasteiger partial charge in [0.15, 0.2) is 6.61 Å². The Morgan fingerprint density at radius 2 is 1.69 bits per heavy atom. The van der Waals surface area contributed by atoms with Gasteiger partial charge in [-0.05, 0) is 48.9 Å². The molecular weight excluding hydrogens is 424 g/mol. The number of carbonyl (C=O) groups is 2. The van der Waals surface area contributed by atoms with E-state index in [4.69, 9.17) is 16.3 Å². The molecule has 0 saturated carbocycles. The summed E-state index contributed by atoms with van der Waals surface area (Å²) in [4.78, 5) is 27.6. The van der Waals surface area contributed by atoms with E-state index in [2.05, 4.69) is 26.1 Å². The molecule has 1 N–H and O–H groups in total. The molecule has 0 aliphatic carbocycles. The lowest BCUT2D eigenvalue weighted by Gasteiger charge is -2.30. The fourth-order valence-electron chi connectivity index (χ4n) is 3.29. The minimum Gasteiger partial charge on any atom is -0.483 e. The van der Waals surface area contributed by atoms with Crippen LogP contribution in [0.2, 0.25) is 5.02 Å². The second-order valence-electron chi connectivity index (χ2n) is 9.14. The van der Waals surface area contributed by atoms with E-state index in [0.717, 1.165) is 17.5 Å². The largest absolute Gasteiger partial charge is 0.483 e. The quantitative estimate of drug-likeness (QED) is 0.551. The molecule has 0 heterocycles. The van der Waals surface area contributed by atoms with Crippen LogP contribution in [0.1, 0.15) is 59.1 Å². The van der Waals surface area contributed by atoms with Crippen LogP contribution in [0.3, 0.4) is 0 Å². The van der Waals surface area contributed by atoms with Crippen molar-refractivity contribution in [2.75, 3.05) is 6.61 Å². The van der Waals surface area contributed by atoms with Crippen molar-refractivity contribution < 1.29 is 14.3 Å². The summed E-state index contributed by atoms with van der Waals surface area (Å²) in [7, 11) is 0. The minimum atomic E-state index is -0.672. The van der Waals surface area contributed by atoms with Crippen molar-refractivity contribution in [3.8, 4) is 5.75 Å². The van der Waals surface area contributed by atoms with Gasteiger partial charge >= 0.3 is 0 Å². The molecule has 174 valence electrons. The Labute approximate surface area is 197 Å². The van der Waals surface area contributed by atoms with Gasteiger partial charge in [-0.3, -0.25) is 9.59 Å². The van der Waals surface area contributed by atoms with E-state index in [1.54, 1.807) is 13.0 Å². The number of carbonyl (C=O) groups excluding carboxylic acids is 2. The molecule has 32 heavy (non-hydrogen) atoms. The normalized spacial score (nSPS) is 13.2. The fourth-order valence-corrected chi connectivity index (χ4v) is 3.49. The Balaban J connectivity index is 2.24. The molecule has 2 atom stereocenters. The number of nitrogens with zero attached hydrogens (tertiary/aromatic N) is 1. The highest BCUT2D eigenvalue weighted by molar-refractivity contribution is 6.31. The van der Waals surface area contributed by atoms with E-state index in [1.165, 1.54) is 4.90 Å². The summed E-state index contributed by atoms with van der Waals surface area (Å²) in [6.07, 6.45) is 0.809. The number of para-hydroxylation sites is 1. The third-order valence-electron chi connectivity index (χ3n) is 5.51. The van der Waals surface area contributed by atoms with Crippen LogP contribution in [0, 0.1) is 0 Å². The lowest BCUT2D eigenvalue weighted by Crippen LogP contribution is -2.50. The molecule has 6 heteroatoms. The summed E-state index contributed by atoms with van der Waals surface area (Å²) in [5.41, 5.74) is 1.68. The number of halogens is 1. The summed E-state index contributed by atoms with van der Waals surface area (Å²) >= 11 is 6.34. The van der Waals surface area contributed by atoms with Crippen LogP contribution >= 0.6 is 11.6 Å². The zero-order chi connectivity index (χ0) is 23.9. The van der Waals surface area contributed by atoms with Gasteiger partial charge < -0.3 is 15.0 Å². The Morgan fingerprint density at radius 1 is 1.06 bits per heavy atom. The van der Waals surface area contributed by atoms with Gasteiger partial charge in [0.25, 0.3) is 5.91 Å². The van der Waals surface area contributed by atoms with E-state index < -0.39 is 6.04 Å². The van der Waals surface area contributed by atoms with Crippen LogP contribution in [0.25, 0.3) is 0 Å². The van der Waals surface area contributed by atoms with Crippen molar-refractivity contribution in [1.29, 1.82) is 0 Å². The predicted octanol–water partition coefficient (Wildman–Crippen LogP) is 5.35. The van der Waals surface area contributed by atoms with Crippen LogP contribution in [0.5, 0.6) is 5.75 Å².